The molecule has 2 aromatic carbocycles. The van der Waals surface area contributed by atoms with E-state index in [-0.39, 0.29) is 36.9 Å². The molecule has 2 aliphatic heterocycles. The van der Waals surface area contributed by atoms with E-state index in [4.69, 9.17) is 19.4 Å². The van der Waals surface area contributed by atoms with Crippen LogP contribution in [0.4, 0.5) is 5.69 Å². The molecular formula is C22H26N2O6. The quantitative estimate of drug-likeness (QED) is 0.487. The van der Waals surface area contributed by atoms with Crippen molar-refractivity contribution in [3.63, 3.8) is 0 Å². The predicted molar refractivity (Wildman–Crippen MR) is 108 cm³/mol. The third kappa shape index (κ3) is 4.63. The predicted octanol–water partition coefficient (Wildman–Crippen LogP) is 1.72. The van der Waals surface area contributed by atoms with Crippen LogP contribution in [0.15, 0.2) is 54.6 Å². The molecule has 160 valence electrons. The monoisotopic (exact) mass is 414 g/mol. The van der Waals surface area contributed by atoms with Gasteiger partial charge in [0.1, 0.15) is 18.3 Å². The number of fused-ring (bicyclic) bond motifs is 1. The van der Waals surface area contributed by atoms with Crippen molar-refractivity contribution < 1.29 is 29.3 Å². The molecule has 8 nitrogen and oxygen atoms in total. The van der Waals surface area contributed by atoms with Gasteiger partial charge in [0.15, 0.2) is 0 Å². The number of aliphatic hydroxyl groups is 1. The van der Waals surface area contributed by atoms with Crippen LogP contribution in [0.3, 0.4) is 0 Å². The van der Waals surface area contributed by atoms with Crippen molar-refractivity contribution in [3.8, 4) is 0 Å². The summed E-state index contributed by atoms with van der Waals surface area (Å²) in [5.41, 5.74) is 4.08. The van der Waals surface area contributed by atoms with Gasteiger partial charge in [-0.2, -0.15) is 0 Å². The molecule has 0 spiro atoms. The van der Waals surface area contributed by atoms with E-state index in [0.29, 0.717) is 30.8 Å². The minimum Gasteiger partial charge on any atom is -0.394 e. The van der Waals surface area contributed by atoms with Gasteiger partial charge in [-0.1, -0.05) is 30.3 Å². The number of ether oxygens (including phenoxy) is 3. The first-order valence-corrected chi connectivity index (χ1v) is 10.0. The lowest BCUT2D eigenvalue weighted by Crippen LogP contribution is -2.38. The Morgan fingerprint density at radius 2 is 1.87 bits per heavy atom. The average Bonchev–Trinajstić information content (AvgIpc) is 3.34. The molecule has 0 aromatic heterocycles. The second-order valence-electron chi connectivity index (χ2n) is 7.51. The number of hydrogen-bond acceptors (Lipinski definition) is 7. The van der Waals surface area contributed by atoms with E-state index in [1.165, 1.54) is 0 Å². The lowest BCUT2D eigenvalue weighted by molar-refractivity contribution is -0.0910. The summed E-state index contributed by atoms with van der Waals surface area (Å²) >= 11 is 0. The maximum Gasteiger partial charge on any atom is 0.251 e. The van der Waals surface area contributed by atoms with Gasteiger partial charge in [-0.25, -0.2) is 0 Å². The lowest BCUT2D eigenvalue weighted by atomic mass is 10.1. The Morgan fingerprint density at radius 1 is 1.10 bits per heavy atom. The summed E-state index contributed by atoms with van der Waals surface area (Å²) in [6.07, 6.45) is -0.787. The molecular weight excluding hydrogens is 388 g/mol. The van der Waals surface area contributed by atoms with E-state index in [0.717, 1.165) is 5.56 Å². The van der Waals surface area contributed by atoms with Crippen LogP contribution in [0, 0.1) is 0 Å². The van der Waals surface area contributed by atoms with Crippen molar-refractivity contribution in [1.29, 1.82) is 0 Å². The molecule has 4 rings (SSSR count). The number of carbonyl (C=O) groups excluding carboxylic acids is 1. The molecule has 1 amide bonds. The Morgan fingerprint density at radius 3 is 2.57 bits per heavy atom. The van der Waals surface area contributed by atoms with Gasteiger partial charge in [0.2, 0.25) is 0 Å². The van der Waals surface area contributed by atoms with Crippen molar-refractivity contribution in [3.05, 3.63) is 65.7 Å². The van der Waals surface area contributed by atoms with Crippen molar-refractivity contribution >= 4 is 11.6 Å². The minimum absolute atomic E-state index is 0.129. The normalized spacial score (nSPS) is 27.6. The maximum atomic E-state index is 12.3. The van der Waals surface area contributed by atoms with Gasteiger partial charge in [-0.05, 0) is 29.8 Å². The molecule has 0 radical (unpaired) electrons. The van der Waals surface area contributed by atoms with Crippen molar-refractivity contribution in [2.24, 2.45) is 0 Å². The molecule has 0 unspecified atom stereocenters. The molecule has 0 saturated carbocycles. The summed E-state index contributed by atoms with van der Waals surface area (Å²) in [6, 6.07) is 16.3. The van der Waals surface area contributed by atoms with Gasteiger partial charge in [0.05, 0.1) is 31.1 Å². The zero-order valence-electron chi connectivity index (χ0n) is 16.4. The fourth-order valence-corrected chi connectivity index (χ4v) is 3.95. The number of anilines is 1. The summed E-state index contributed by atoms with van der Waals surface area (Å²) in [7, 11) is 0. The first-order valence-electron chi connectivity index (χ1n) is 10.0. The first-order chi connectivity index (χ1) is 14.7. The molecule has 0 aliphatic carbocycles. The maximum absolute atomic E-state index is 12.3. The summed E-state index contributed by atoms with van der Waals surface area (Å²) in [5.74, 6) is -0.217. The van der Waals surface area contributed by atoms with Crippen LogP contribution >= 0.6 is 0 Å². The van der Waals surface area contributed by atoms with Crippen LogP contribution in [0.25, 0.3) is 0 Å². The van der Waals surface area contributed by atoms with E-state index in [2.05, 4.69) is 5.32 Å². The lowest BCUT2D eigenvalue weighted by Gasteiger charge is -2.23. The molecule has 2 saturated heterocycles. The molecule has 2 fully saturated rings. The fraction of sp³-hybridized carbons (Fsp3) is 0.409. The highest BCUT2D eigenvalue weighted by molar-refractivity contribution is 5.94. The van der Waals surface area contributed by atoms with Crippen LogP contribution in [0.2, 0.25) is 0 Å². The number of nitrogens with one attached hydrogen (secondary N) is 2. The van der Waals surface area contributed by atoms with Crippen molar-refractivity contribution in [1.82, 2.24) is 5.32 Å². The van der Waals surface area contributed by atoms with E-state index in [9.17, 15) is 9.90 Å². The SMILES string of the molecule is O=C(NC[C@H]1C[C@@H]2O[C@H](CO)[C@@H](OCc3ccccc3)[C@H]2O1)c1ccc(NO)cc1. The van der Waals surface area contributed by atoms with E-state index in [1.54, 1.807) is 24.3 Å². The van der Waals surface area contributed by atoms with Gasteiger partial charge < -0.3 is 24.6 Å². The van der Waals surface area contributed by atoms with Gasteiger partial charge in [0, 0.05) is 18.5 Å². The smallest absolute Gasteiger partial charge is 0.251 e. The number of aliphatic hydroxyl groups excluding tert-OH is 1. The Kier molecular flexibility index (Phi) is 6.61. The second-order valence-corrected chi connectivity index (χ2v) is 7.51. The zero-order valence-corrected chi connectivity index (χ0v) is 16.4. The first kappa shape index (κ1) is 20.8. The molecule has 2 aliphatic rings. The highest BCUT2D eigenvalue weighted by Crippen LogP contribution is 2.36. The summed E-state index contributed by atoms with van der Waals surface area (Å²) in [6.45, 7) is 0.637. The molecule has 5 atom stereocenters. The van der Waals surface area contributed by atoms with Crippen molar-refractivity contribution in [2.75, 3.05) is 18.6 Å². The van der Waals surface area contributed by atoms with E-state index >= 15 is 0 Å². The number of hydrogen-bond donors (Lipinski definition) is 4. The van der Waals surface area contributed by atoms with Crippen LogP contribution < -0.4 is 10.8 Å². The van der Waals surface area contributed by atoms with Gasteiger partial charge in [-0.15, -0.1) is 0 Å². The van der Waals surface area contributed by atoms with Gasteiger partial charge in [0.25, 0.3) is 5.91 Å². The Labute approximate surface area is 174 Å². The molecule has 4 N–H and O–H groups in total. The Bertz CT molecular complexity index is 831. The molecule has 0 bridgehead atoms. The van der Waals surface area contributed by atoms with E-state index < -0.39 is 6.10 Å². The highest BCUT2D eigenvalue weighted by Gasteiger charge is 2.51. The third-order valence-corrected chi connectivity index (χ3v) is 5.48. The number of rotatable bonds is 8. The summed E-state index contributed by atoms with van der Waals surface area (Å²) in [5, 5.41) is 21.4. The molecule has 30 heavy (non-hydrogen) atoms. The van der Waals surface area contributed by atoms with E-state index in [1.807, 2.05) is 35.8 Å². The van der Waals surface area contributed by atoms with Crippen LogP contribution in [-0.2, 0) is 20.8 Å². The molecule has 8 heteroatoms. The fourth-order valence-electron chi connectivity index (χ4n) is 3.95. The summed E-state index contributed by atoms with van der Waals surface area (Å²) in [4.78, 5) is 12.3. The van der Waals surface area contributed by atoms with Crippen molar-refractivity contribution in [2.45, 2.75) is 43.5 Å². The minimum atomic E-state index is -0.419. The zero-order chi connectivity index (χ0) is 20.9. The van der Waals surface area contributed by atoms with Gasteiger partial charge in [-0.3, -0.25) is 15.5 Å². The number of amides is 1. The molecule has 2 heterocycles. The summed E-state index contributed by atoms with van der Waals surface area (Å²) < 4.78 is 18.1. The second kappa shape index (κ2) is 9.55. The largest absolute Gasteiger partial charge is 0.394 e. The van der Waals surface area contributed by atoms with Crippen LogP contribution in [0.5, 0.6) is 0 Å². The van der Waals surface area contributed by atoms with Crippen LogP contribution in [-0.4, -0.2) is 59.9 Å². The highest BCUT2D eigenvalue weighted by atomic mass is 16.6. The number of benzene rings is 2. The molecule has 2 aromatic rings. The average molecular weight is 414 g/mol. The standard InChI is InChI=1S/C22H26N2O6/c25-12-19-20(28-13-14-4-2-1-3-5-14)21-18(30-19)10-17(29-21)11-23-22(26)15-6-8-16(24-27)9-7-15/h1-9,17-21,24-25,27H,10-13H2,(H,23,26)/t17-,18+,19-,20-,21+/m1/s1. The van der Waals surface area contributed by atoms with Crippen LogP contribution in [0.1, 0.15) is 22.3 Å². The number of carbonyl (C=O) groups is 1. The Hall–Kier alpha value is -2.49. The topological polar surface area (TPSA) is 109 Å². The third-order valence-electron chi connectivity index (χ3n) is 5.48. The Balaban J connectivity index is 1.30. The van der Waals surface area contributed by atoms with Gasteiger partial charge >= 0.3 is 0 Å².